The summed E-state index contributed by atoms with van der Waals surface area (Å²) in [5, 5.41) is 3.91. The van der Waals surface area contributed by atoms with Crippen molar-refractivity contribution in [3.63, 3.8) is 0 Å². The summed E-state index contributed by atoms with van der Waals surface area (Å²) in [6.07, 6.45) is 2.37. The predicted octanol–water partition coefficient (Wildman–Crippen LogP) is 2.62. The zero-order chi connectivity index (χ0) is 15.2. The molecule has 0 aliphatic rings. The minimum Gasteiger partial charge on any atom is -0.356 e. The fraction of sp³-hybridized carbons (Fsp3) is 0.412. The number of para-hydroxylation sites is 1. The molecule has 2 aromatic rings. The number of nitrogens with zero attached hydrogens (tertiary/aromatic N) is 1. The molecule has 0 spiro atoms. The van der Waals surface area contributed by atoms with Crippen LogP contribution in [0, 0.1) is 6.92 Å². The van der Waals surface area contributed by atoms with Crippen molar-refractivity contribution in [3.05, 3.63) is 46.2 Å². The van der Waals surface area contributed by atoms with Gasteiger partial charge in [-0.1, -0.05) is 31.5 Å². The second-order valence-electron chi connectivity index (χ2n) is 5.30. The Balaban J connectivity index is 2.16. The molecule has 0 fully saturated rings. The number of hydrogen-bond acceptors (Lipinski definition) is 2. The van der Waals surface area contributed by atoms with E-state index in [1.165, 1.54) is 0 Å². The average molecular weight is 286 g/mol. The maximum atomic E-state index is 12.3. The highest BCUT2D eigenvalue weighted by Crippen LogP contribution is 2.13. The topological polar surface area (TPSA) is 51.1 Å². The summed E-state index contributed by atoms with van der Waals surface area (Å²) in [5.74, 6) is 0.000868. The van der Waals surface area contributed by atoms with Gasteiger partial charge in [0.1, 0.15) is 0 Å². The van der Waals surface area contributed by atoms with Gasteiger partial charge in [-0.25, -0.2) is 0 Å². The number of carbonyl (C=O) groups is 1. The molecular formula is C17H22N2O2. The molecule has 1 heterocycles. The van der Waals surface area contributed by atoms with Gasteiger partial charge in [-0.3, -0.25) is 9.59 Å². The van der Waals surface area contributed by atoms with E-state index in [4.69, 9.17) is 0 Å². The third-order valence-electron chi connectivity index (χ3n) is 3.60. The Hall–Kier alpha value is -2.10. The minimum atomic E-state index is -0.0185. The van der Waals surface area contributed by atoms with Crippen LogP contribution in [-0.4, -0.2) is 17.0 Å². The molecule has 4 heteroatoms. The van der Waals surface area contributed by atoms with E-state index in [-0.39, 0.29) is 11.5 Å². The first-order chi connectivity index (χ1) is 10.1. The highest BCUT2D eigenvalue weighted by Gasteiger charge is 2.08. The standard InChI is InChI=1S/C17H22N2O2/c1-3-4-10-18-16(20)9-11-19-15-8-6-5-7-14(15)12-13(2)17(19)21/h5-8,12H,3-4,9-11H2,1-2H3,(H,18,20). The fourth-order valence-electron chi connectivity index (χ4n) is 2.40. The van der Waals surface area contributed by atoms with Crippen molar-refractivity contribution in [2.75, 3.05) is 6.54 Å². The van der Waals surface area contributed by atoms with Gasteiger partial charge < -0.3 is 9.88 Å². The van der Waals surface area contributed by atoms with E-state index < -0.39 is 0 Å². The molecule has 0 atom stereocenters. The van der Waals surface area contributed by atoms with Crippen molar-refractivity contribution < 1.29 is 4.79 Å². The molecule has 0 radical (unpaired) electrons. The van der Waals surface area contributed by atoms with Gasteiger partial charge in [-0.15, -0.1) is 0 Å². The van der Waals surface area contributed by atoms with E-state index in [0.717, 1.165) is 23.7 Å². The number of amides is 1. The van der Waals surface area contributed by atoms with Gasteiger partial charge in [0.25, 0.3) is 5.56 Å². The largest absolute Gasteiger partial charge is 0.356 e. The summed E-state index contributed by atoms with van der Waals surface area (Å²) in [4.78, 5) is 24.1. The molecule has 1 aromatic heterocycles. The van der Waals surface area contributed by atoms with Crippen LogP contribution in [0.3, 0.4) is 0 Å². The lowest BCUT2D eigenvalue weighted by Gasteiger charge is -2.11. The summed E-state index contributed by atoms with van der Waals surface area (Å²) in [6, 6.07) is 9.67. The highest BCUT2D eigenvalue weighted by atomic mass is 16.1. The first-order valence-electron chi connectivity index (χ1n) is 7.49. The second kappa shape index (κ2) is 7.07. The maximum absolute atomic E-state index is 12.3. The van der Waals surface area contributed by atoms with Gasteiger partial charge in [0.2, 0.25) is 5.91 Å². The quantitative estimate of drug-likeness (QED) is 0.830. The second-order valence-corrected chi connectivity index (χ2v) is 5.30. The number of unbranched alkanes of at least 4 members (excludes halogenated alkanes) is 1. The van der Waals surface area contributed by atoms with Gasteiger partial charge in [0, 0.05) is 25.1 Å². The number of nitrogens with one attached hydrogen (secondary N) is 1. The van der Waals surface area contributed by atoms with Crippen molar-refractivity contribution in [1.82, 2.24) is 9.88 Å². The van der Waals surface area contributed by atoms with Crippen LogP contribution in [-0.2, 0) is 11.3 Å². The molecule has 0 aliphatic heterocycles. The molecule has 112 valence electrons. The number of aromatic nitrogens is 1. The fourth-order valence-corrected chi connectivity index (χ4v) is 2.40. The zero-order valence-electron chi connectivity index (χ0n) is 12.7. The zero-order valence-corrected chi connectivity index (χ0v) is 12.7. The number of rotatable bonds is 6. The monoisotopic (exact) mass is 286 g/mol. The number of aryl methyl sites for hydroxylation is 2. The number of carbonyl (C=O) groups excluding carboxylic acids is 1. The molecule has 1 aromatic carbocycles. The van der Waals surface area contributed by atoms with Gasteiger partial charge in [0.05, 0.1) is 5.52 Å². The summed E-state index contributed by atoms with van der Waals surface area (Å²) >= 11 is 0. The van der Waals surface area contributed by atoms with E-state index in [9.17, 15) is 9.59 Å². The van der Waals surface area contributed by atoms with Crippen LogP contribution in [0.5, 0.6) is 0 Å². The predicted molar refractivity (Wildman–Crippen MR) is 85.5 cm³/mol. The van der Waals surface area contributed by atoms with Crippen molar-refractivity contribution in [3.8, 4) is 0 Å². The molecule has 1 N–H and O–H groups in total. The Morgan fingerprint density at radius 3 is 2.81 bits per heavy atom. The number of fused-ring (bicyclic) bond motifs is 1. The molecule has 0 unspecified atom stereocenters. The van der Waals surface area contributed by atoms with Crippen molar-refractivity contribution >= 4 is 16.8 Å². The van der Waals surface area contributed by atoms with E-state index in [2.05, 4.69) is 12.2 Å². The molecule has 4 nitrogen and oxygen atoms in total. The number of hydrogen-bond donors (Lipinski definition) is 1. The van der Waals surface area contributed by atoms with Crippen molar-refractivity contribution in [1.29, 1.82) is 0 Å². The van der Waals surface area contributed by atoms with Gasteiger partial charge in [-0.05, 0) is 30.9 Å². The summed E-state index contributed by atoms with van der Waals surface area (Å²) in [7, 11) is 0. The summed E-state index contributed by atoms with van der Waals surface area (Å²) in [5.41, 5.74) is 1.57. The Morgan fingerprint density at radius 2 is 2.05 bits per heavy atom. The van der Waals surface area contributed by atoms with Gasteiger partial charge >= 0.3 is 0 Å². The molecular weight excluding hydrogens is 264 g/mol. The van der Waals surface area contributed by atoms with Crippen LogP contribution in [0.4, 0.5) is 0 Å². The van der Waals surface area contributed by atoms with E-state index in [1.807, 2.05) is 37.3 Å². The maximum Gasteiger partial charge on any atom is 0.253 e. The molecule has 0 saturated carbocycles. The minimum absolute atomic E-state index is 0.000868. The smallest absolute Gasteiger partial charge is 0.253 e. The number of pyridine rings is 1. The Labute approximate surface area is 124 Å². The number of benzene rings is 1. The van der Waals surface area contributed by atoms with E-state index >= 15 is 0 Å². The highest BCUT2D eigenvalue weighted by molar-refractivity contribution is 5.80. The molecule has 2 rings (SSSR count). The third-order valence-corrected chi connectivity index (χ3v) is 3.60. The van der Waals surface area contributed by atoms with E-state index in [0.29, 0.717) is 25.1 Å². The molecule has 0 bridgehead atoms. The van der Waals surface area contributed by atoms with Crippen LogP contribution in [0.2, 0.25) is 0 Å². The normalized spacial score (nSPS) is 10.8. The van der Waals surface area contributed by atoms with Crippen molar-refractivity contribution in [2.45, 2.75) is 39.7 Å². The van der Waals surface area contributed by atoms with Crippen LogP contribution < -0.4 is 10.9 Å². The van der Waals surface area contributed by atoms with Crippen LogP contribution in [0.1, 0.15) is 31.7 Å². The van der Waals surface area contributed by atoms with Gasteiger partial charge in [0.15, 0.2) is 0 Å². The molecule has 0 saturated heterocycles. The molecule has 21 heavy (non-hydrogen) atoms. The lowest BCUT2D eigenvalue weighted by molar-refractivity contribution is -0.121. The van der Waals surface area contributed by atoms with Crippen molar-refractivity contribution in [2.24, 2.45) is 0 Å². The SMILES string of the molecule is CCCCNC(=O)CCn1c(=O)c(C)cc2ccccc21. The Kier molecular flexibility index (Phi) is 5.14. The first kappa shape index (κ1) is 15.3. The molecule has 0 aliphatic carbocycles. The Morgan fingerprint density at radius 1 is 1.29 bits per heavy atom. The van der Waals surface area contributed by atoms with Crippen LogP contribution in [0.15, 0.2) is 35.1 Å². The van der Waals surface area contributed by atoms with E-state index in [1.54, 1.807) is 4.57 Å². The summed E-state index contributed by atoms with van der Waals surface area (Å²) < 4.78 is 1.70. The average Bonchev–Trinajstić information content (AvgIpc) is 2.48. The Bertz CT molecular complexity index is 689. The third kappa shape index (κ3) is 3.72. The van der Waals surface area contributed by atoms with Crippen LogP contribution >= 0.6 is 0 Å². The molecule has 1 amide bonds. The lowest BCUT2D eigenvalue weighted by atomic mass is 10.1. The lowest BCUT2D eigenvalue weighted by Crippen LogP contribution is -2.28. The van der Waals surface area contributed by atoms with Gasteiger partial charge in [-0.2, -0.15) is 0 Å². The summed E-state index contributed by atoms with van der Waals surface area (Å²) in [6.45, 7) is 5.02. The first-order valence-corrected chi connectivity index (χ1v) is 7.49. The van der Waals surface area contributed by atoms with Crippen LogP contribution in [0.25, 0.3) is 10.9 Å².